The van der Waals surface area contributed by atoms with Gasteiger partial charge >= 0.3 is 0 Å². The Balaban J connectivity index is 2.59. The van der Waals surface area contributed by atoms with Crippen LogP contribution < -0.4 is 4.74 Å². The first kappa shape index (κ1) is 10.7. The fourth-order valence-corrected chi connectivity index (χ4v) is 1.89. The number of benzene rings is 2. The van der Waals surface area contributed by atoms with Crippen LogP contribution >= 0.6 is 0 Å². The van der Waals surface area contributed by atoms with Crippen molar-refractivity contribution < 1.29 is 4.74 Å². The van der Waals surface area contributed by atoms with E-state index in [2.05, 4.69) is 50.2 Å². The summed E-state index contributed by atoms with van der Waals surface area (Å²) in [6.07, 6.45) is 0. The first-order valence-electron chi connectivity index (χ1n) is 5.43. The number of hydrogen-bond donors (Lipinski definition) is 0. The molecule has 0 aromatic heterocycles. The molecular formula is C15H16O. The topological polar surface area (TPSA) is 9.23 Å². The summed E-state index contributed by atoms with van der Waals surface area (Å²) in [4.78, 5) is 0. The molecule has 0 N–H and O–H groups in total. The Morgan fingerprint density at radius 2 is 1.50 bits per heavy atom. The van der Waals surface area contributed by atoms with E-state index < -0.39 is 0 Å². The van der Waals surface area contributed by atoms with E-state index in [1.807, 2.05) is 6.07 Å². The van der Waals surface area contributed by atoms with Gasteiger partial charge in [-0.1, -0.05) is 30.3 Å². The Morgan fingerprint density at radius 1 is 0.812 bits per heavy atom. The van der Waals surface area contributed by atoms with Gasteiger partial charge in [-0.2, -0.15) is 0 Å². The maximum atomic E-state index is 5.27. The van der Waals surface area contributed by atoms with E-state index in [1.165, 1.54) is 22.3 Å². The van der Waals surface area contributed by atoms with Crippen LogP contribution in [0.4, 0.5) is 0 Å². The first-order valence-corrected chi connectivity index (χ1v) is 5.43. The van der Waals surface area contributed by atoms with Gasteiger partial charge in [-0.05, 0) is 48.2 Å². The molecule has 0 heterocycles. The van der Waals surface area contributed by atoms with Crippen LogP contribution in [0, 0.1) is 13.8 Å². The minimum Gasteiger partial charge on any atom is -0.497 e. The largest absolute Gasteiger partial charge is 0.497 e. The molecule has 0 saturated heterocycles. The van der Waals surface area contributed by atoms with Crippen LogP contribution in [0.3, 0.4) is 0 Å². The van der Waals surface area contributed by atoms with Crippen LogP contribution in [0.5, 0.6) is 5.75 Å². The van der Waals surface area contributed by atoms with Crippen LogP contribution in [-0.2, 0) is 0 Å². The second kappa shape index (κ2) is 4.40. The Bertz CT molecular complexity index is 501. The second-order valence-corrected chi connectivity index (χ2v) is 4.00. The highest BCUT2D eigenvalue weighted by atomic mass is 16.5. The monoisotopic (exact) mass is 212 g/mol. The fraction of sp³-hybridized carbons (Fsp3) is 0.200. The number of methoxy groups -OCH3 is 1. The smallest absolute Gasteiger partial charge is 0.119 e. The number of hydrogen-bond acceptors (Lipinski definition) is 1. The zero-order chi connectivity index (χ0) is 11.5. The molecule has 2 aromatic carbocycles. The third-order valence-corrected chi connectivity index (χ3v) is 2.88. The first-order chi connectivity index (χ1) is 7.72. The van der Waals surface area contributed by atoms with Crippen LogP contribution in [-0.4, -0.2) is 7.11 Å². The Hall–Kier alpha value is -1.76. The van der Waals surface area contributed by atoms with E-state index in [4.69, 9.17) is 4.74 Å². The summed E-state index contributed by atoms with van der Waals surface area (Å²) < 4.78 is 5.27. The SMILES string of the molecule is COc1ccc(C)c(-c2ccccc2C)c1. The van der Waals surface area contributed by atoms with Crippen LogP contribution in [0.25, 0.3) is 11.1 Å². The molecular weight excluding hydrogens is 196 g/mol. The Kier molecular flexibility index (Phi) is 2.95. The second-order valence-electron chi connectivity index (χ2n) is 4.00. The molecule has 0 fully saturated rings. The van der Waals surface area contributed by atoms with Gasteiger partial charge < -0.3 is 4.74 Å². The lowest BCUT2D eigenvalue weighted by Crippen LogP contribution is -1.89. The van der Waals surface area contributed by atoms with E-state index in [-0.39, 0.29) is 0 Å². The summed E-state index contributed by atoms with van der Waals surface area (Å²) in [5, 5.41) is 0. The standard InChI is InChI=1S/C15H16O/c1-11-6-4-5-7-14(11)15-10-13(16-3)9-8-12(15)2/h4-10H,1-3H3. The molecule has 0 bridgehead atoms. The molecule has 16 heavy (non-hydrogen) atoms. The molecule has 1 nitrogen and oxygen atoms in total. The summed E-state index contributed by atoms with van der Waals surface area (Å²) in [5.74, 6) is 0.906. The predicted octanol–water partition coefficient (Wildman–Crippen LogP) is 3.98. The normalized spacial score (nSPS) is 10.2. The summed E-state index contributed by atoms with van der Waals surface area (Å²) in [6.45, 7) is 4.26. The fourth-order valence-electron chi connectivity index (χ4n) is 1.89. The van der Waals surface area contributed by atoms with Crippen molar-refractivity contribution in [2.45, 2.75) is 13.8 Å². The highest BCUT2D eigenvalue weighted by Gasteiger charge is 2.05. The molecule has 2 aromatic rings. The van der Waals surface area contributed by atoms with Crippen LogP contribution in [0.1, 0.15) is 11.1 Å². The van der Waals surface area contributed by atoms with Crippen molar-refractivity contribution in [2.75, 3.05) is 7.11 Å². The van der Waals surface area contributed by atoms with Gasteiger partial charge in [-0.25, -0.2) is 0 Å². The number of ether oxygens (including phenoxy) is 1. The zero-order valence-electron chi connectivity index (χ0n) is 9.95. The van der Waals surface area contributed by atoms with E-state index >= 15 is 0 Å². The summed E-state index contributed by atoms with van der Waals surface area (Å²) in [6, 6.07) is 14.6. The maximum absolute atomic E-state index is 5.27. The molecule has 0 unspecified atom stereocenters. The highest BCUT2D eigenvalue weighted by molar-refractivity contribution is 5.71. The Labute approximate surface area is 96.7 Å². The molecule has 0 atom stereocenters. The van der Waals surface area contributed by atoms with Gasteiger partial charge in [-0.3, -0.25) is 0 Å². The third kappa shape index (κ3) is 1.94. The van der Waals surface area contributed by atoms with Crippen molar-refractivity contribution in [1.29, 1.82) is 0 Å². The molecule has 0 aliphatic heterocycles. The van der Waals surface area contributed by atoms with Crippen molar-refractivity contribution in [2.24, 2.45) is 0 Å². The number of rotatable bonds is 2. The highest BCUT2D eigenvalue weighted by Crippen LogP contribution is 2.29. The van der Waals surface area contributed by atoms with Crippen molar-refractivity contribution in [3.63, 3.8) is 0 Å². The minimum atomic E-state index is 0.906. The summed E-state index contributed by atoms with van der Waals surface area (Å²) >= 11 is 0. The van der Waals surface area contributed by atoms with E-state index in [0.29, 0.717) is 0 Å². The predicted molar refractivity (Wildman–Crippen MR) is 67.9 cm³/mol. The van der Waals surface area contributed by atoms with Gasteiger partial charge in [0.15, 0.2) is 0 Å². The lowest BCUT2D eigenvalue weighted by molar-refractivity contribution is 0.415. The molecule has 0 aliphatic rings. The van der Waals surface area contributed by atoms with Crippen LogP contribution in [0.2, 0.25) is 0 Å². The quantitative estimate of drug-likeness (QED) is 0.731. The average Bonchev–Trinajstić information content (AvgIpc) is 2.31. The van der Waals surface area contributed by atoms with Gasteiger partial charge in [-0.15, -0.1) is 0 Å². The molecule has 0 radical (unpaired) electrons. The molecule has 0 aliphatic carbocycles. The van der Waals surface area contributed by atoms with Crippen molar-refractivity contribution in [3.8, 4) is 16.9 Å². The van der Waals surface area contributed by atoms with E-state index in [1.54, 1.807) is 7.11 Å². The maximum Gasteiger partial charge on any atom is 0.119 e. The Morgan fingerprint density at radius 3 is 2.19 bits per heavy atom. The third-order valence-electron chi connectivity index (χ3n) is 2.88. The lowest BCUT2D eigenvalue weighted by Gasteiger charge is -2.10. The number of aryl methyl sites for hydroxylation is 2. The lowest BCUT2D eigenvalue weighted by atomic mass is 9.96. The average molecular weight is 212 g/mol. The summed E-state index contributed by atoms with van der Waals surface area (Å²) in [7, 11) is 1.70. The van der Waals surface area contributed by atoms with Gasteiger partial charge in [0, 0.05) is 0 Å². The van der Waals surface area contributed by atoms with Crippen LogP contribution in [0.15, 0.2) is 42.5 Å². The molecule has 0 spiro atoms. The molecule has 0 saturated carbocycles. The molecule has 82 valence electrons. The van der Waals surface area contributed by atoms with Crippen molar-refractivity contribution in [3.05, 3.63) is 53.6 Å². The zero-order valence-corrected chi connectivity index (χ0v) is 9.95. The van der Waals surface area contributed by atoms with E-state index in [9.17, 15) is 0 Å². The van der Waals surface area contributed by atoms with Crippen molar-refractivity contribution >= 4 is 0 Å². The van der Waals surface area contributed by atoms with Gasteiger partial charge in [0.05, 0.1) is 7.11 Å². The van der Waals surface area contributed by atoms with Crippen molar-refractivity contribution in [1.82, 2.24) is 0 Å². The van der Waals surface area contributed by atoms with E-state index in [0.717, 1.165) is 5.75 Å². The van der Waals surface area contributed by atoms with Gasteiger partial charge in [0.2, 0.25) is 0 Å². The minimum absolute atomic E-state index is 0.906. The summed E-state index contributed by atoms with van der Waals surface area (Å²) in [5.41, 5.74) is 5.09. The van der Waals surface area contributed by atoms with Gasteiger partial charge in [0.25, 0.3) is 0 Å². The molecule has 2 rings (SSSR count). The van der Waals surface area contributed by atoms with Gasteiger partial charge in [0.1, 0.15) is 5.75 Å². The molecule has 0 amide bonds. The molecule has 1 heteroatoms.